The minimum absolute atomic E-state index is 0.825. The largest absolute Gasteiger partial charge is 0.379 e. The van der Waals surface area contributed by atoms with Crippen molar-refractivity contribution in [2.75, 3.05) is 24.3 Å². The van der Waals surface area contributed by atoms with E-state index in [1.165, 1.54) is 22.2 Å². The van der Waals surface area contributed by atoms with Crippen LogP contribution in [0.3, 0.4) is 0 Å². The molecule has 1 heterocycles. The Morgan fingerprint density at radius 3 is 2.75 bits per heavy atom. The molecule has 3 nitrogen and oxygen atoms in total. The average molecular weight is 265 g/mol. The van der Waals surface area contributed by atoms with Gasteiger partial charge in [0.2, 0.25) is 0 Å². The normalized spacial score (nSPS) is 10.7. The summed E-state index contributed by atoms with van der Waals surface area (Å²) < 4.78 is 0. The number of nitrogens with one attached hydrogen (secondary N) is 2. The minimum atomic E-state index is 0.825. The van der Waals surface area contributed by atoms with E-state index in [4.69, 9.17) is 0 Å². The van der Waals surface area contributed by atoms with Gasteiger partial charge in [-0.25, -0.2) is 0 Å². The molecule has 0 amide bonds. The van der Waals surface area contributed by atoms with Crippen molar-refractivity contribution in [2.24, 2.45) is 0 Å². The molecule has 0 atom stereocenters. The van der Waals surface area contributed by atoms with Crippen molar-refractivity contribution in [2.45, 2.75) is 6.54 Å². The van der Waals surface area contributed by atoms with Crippen LogP contribution in [0.25, 0.3) is 10.9 Å². The van der Waals surface area contributed by atoms with Crippen LogP contribution in [0.1, 0.15) is 5.56 Å². The summed E-state index contributed by atoms with van der Waals surface area (Å²) in [6.45, 7) is 0.825. The summed E-state index contributed by atoms with van der Waals surface area (Å²) >= 11 is 0. The molecule has 0 saturated heterocycles. The third kappa shape index (κ3) is 2.48. The summed E-state index contributed by atoms with van der Waals surface area (Å²) in [4.78, 5) is 5.34. The molecule has 0 saturated carbocycles. The molecule has 1 aromatic heterocycles. The smallest absolute Gasteiger partial charge is 0.0596 e. The number of aromatic nitrogens is 1. The van der Waals surface area contributed by atoms with Crippen LogP contribution in [0.15, 0.2) is 54.7 Å². The van der Waals surface area contributed by atoms with Gasteiger partial charge in [-0.1, -0.05) is 18.2 Å². The highest BCUT2D eigenvalue weighted by Gasteiger charge is 2.03. The van der Waals surface area contributed by atoms with E-state index >= 15 is 0 Å². The number of nitrogens with zero attached hydrogens (tertiary/aromatic N) is 1. The molecule has 0 aliphatic rings. The second-order valence-electron chi connectivity index (χ2n) is 5.16. The Kier molecular flexibility index (Phi) is 3.33. The van der Waals surface area contributed by atoms with Crippen molar-refractivity contribution in [3.63, 3.8) is 0 Å². The van der Waals surface area contributed by atoms with Gasteiger partial charge in [0.15, 0.2) is 0 Å². The zero-order chi connectivity index (χ0) is 13.9. The second-order valence-corrected chi connectivity index (χ2v) is 5.16. The van der Waals surface area contributed by atoms with Crippen molar-refractivity contribution >= 4 is 22.3 Å². The second kappa shape index (κ2) is 5.29. The van der Waals surface area contributed by atoms with Gasteiger partial charge in [0.05, 0.1) is 11.4 Å². The number of aromatic amines is 1. The summed E-state index contributed by atoms with van der Waals surface area (Å²) in [5.41, 5.74) is 4.83. The lowest BCUT2D eigenvalue weighted by Crippen LogP contribution is -2.12. The molecule has 2 N–H and O–H groups in total. The van der Waals surface area contributed by atoms with E-state index in [0.717, 1.165) is 12.2 Å². The maximum atomic E-state index is 3.52. The van der Waals surface area contributed by atoms with E-state index in [1.54, 1.807) is 0 Å². The van der Waals surface area contributed by atoms with Crippen LogP contribution < -0.4 is 10.2 Å². The van der Waals surface area contributed by atoms with Crippen LogP contribution in [-0.2, 0) is 6.54 Å². The van der Waals surface area contributed by atoms with Crippen LogP contribution in [0.5, 0.6) is 0 Å². The third-order valence-electron chi connectivity index (χ3n) is 3.49. The molecule has 2 aromatic carbocycles. The quantitative estimate of drug-likeness (QED) is 0.751. The maximum absolute atomic E-state index is 3.52. The lowest BCUT2D eigenvalue weighted by Gasteiger charge is -2.18. The molecule has 3 aromatic rings. The highest BCUT2D eigenvalue weighted by atomic mass is 15.1. The summed E-state index contributed by atoms with van der Waals surface area (Å²) in [6, 6.07) is 17.0. The van der Waals surface area contributed by atoms with E-state index < -0.39 is 0 Å². The lowest BCUT2D eigenvalue weighted by molar-refractivity contribution is 1.10. The summed E-state index contributed by atoms with van der Waals surface area (Å²) in [7, 11) is 4.12. The summed E-state index contributed by atoms with van der Waals surface area (Å²) in [5.74, 6) is 0. The minimum Gasteiger partial charge on any atom is -0.379 e. The first-order valence-corrected chi connectivity index (χ1v) is 6.80. The van der Waals surface area contributed by atoms with E-state index in [9.17, 15) is 0 Å². The molecular formula is C17H19N3. The average Bonchev–Trinajstić information content (AvgIpc) is 2.92. The fraction of sp³-hybridized carbons (Fsp3) is 0.176. The van der Waals surface area contributed by atoms with Crippen LogP contribution in [-0.4, -0.2) is 19.1 Å². The molecule has 0 fully saturated rings. The molecule has 20 heavy (non-hydrogen) atoms. The Hall–Kier alpha value is -2.42. The standard InChI is InChI=1S/C17H19N3/c1-20(2)17-6-4-3-5-16(17)19-12-13-7-8-15-14(11-13)9-10-18-15/h3-11,18-19H,12H2,1-2H3. The fourth-order valence-corrected chi connectivity index (χ4v) is 2.42. The predicted octanol–water partition coefficient (Wildman–Crippen LogP) is 3.85. The first kappa shape index (κ1) is 12.6. The zero-order valence-electron chi connectivity index (χ0n) is 11.9. The Bertz CT molecular complexity index is 713. The van der Waals surface area contributed by atoms with Crippen LogP contribution in [0, 0.1) is 0 Å². The topological polar surface area (TPSA) is 31.1 Å². The number of hydrogen-bond donors (Lipinski definition) is 2. The van der Waals surface area contributed by atoms with Gasteiger partial charge in [-0.05, 0) is 41.3 Å². The van der Waals surface area contributed by atoms with Gasteiger partial charge in [-0.2, -0.15) is 0 Å². The molecule has 0 spiro atoms. The van der Waals surface area contributed by atoms with E-state index in [-0.39, 0.29) is 0 Å². The molecule has 3 heteroatoms. The number of anilines is 2. The van der Waals surface area contributed by atoms with Gasteiger partial charge in [0, 0.05) is 32.4 Å². The van der Waals surface area contributed by atoms with Crippen molar-refractivity contribution < 1.29 is 0 Å². The molecular weight excluding hydrogens is 246 g/mol. The van der Waals surface area contributed by atoms with Crippen molar-refractivity contribution in [3.05, 3.63) is 60.3 Å². The number of H-pyrrole nitrogens is 1. The predicted molar refractivity (Wildman–Crippen MR) is 86.4 cm³/mol. The van der Waals surface area contributed by atoms with Gasteiger partial charge < -0.3 is 15.2 Å². The molecule has 0 bridgehead atoms. The van der Waals surface area contributed by atoms with Gasteiger partial charge in [-0.15, -0.1) is 0 Å². The Morgan fingerprint density at radius 1 is 1.05 bits per heavy atom. The Labute approximate surface area is 119 Å². The van der Waals surface area contributed by atoms with E-state index in [1.807, 2.05) is 6.20 Å². The summed E-state index contributed by atoms with van der Waals surface area (Å²) in [5, 5.41) is 4.77. The first-order chi connectivity index (χ1) is 9.74. The first-order valence-electron chi connectivity index (χ1n) is 6.80. The molecule has 0 radical (unpaired) electrons. The lowest BCUT2D eigenvalue weighted by atomic mass is 10.1. The Balaban J connectivity index is 1.79. The Morgan fingerprint density at radius 2 is 1.90 bits per heavy atom. The highest BCUT2D eigenvalue weighted by molar-refractivity contribution is 5.80. The van der Waals surface area contributed by atoms with Crippen molar-refractivity contribution in [3.8, 4) is 0 Å². The molecule has 0 aliphatic carbocycles. The third-order valence-corrected chi connectivity index (χ3v) is 3.49. The monoisotopic (exact) mass is 265 g/mol. The molecule has 0 unspecified atom stereocenters. The van der Waals surface area contributed by atoms with Crippen molar-refractivity contribution in [1.82, 2.24) is 4.98 Å². The number of rotatable bonds is 4. The number of benzene rings is 2. The van der Waals surface area contributed by atoms with E-state index in [2.05, 4.69) is 77.8 Å². The van der Waals surface area contributed by atoms with Gasteiger partial charge >= 0.3 is 0 Å². The maximum Gasteiger partial charge on any atom is 0.0596 e. The fourth-order valence-electron chi connectivity index (χ4n) is 2.42. The SMILES string of the molecule is CN(C)c1ccccc1NCc1ccc2[nH]ccc2c1. The number of hydrogen-bond acceptors (Lipinski definition) is 2. The van der Waals surface area contributed by atoms with Crippen LogP contribution >= 0.6 is 0 Å². The number of para-hydroxylation sites is 2. The van der Waals surface area contributed by atoms with Gasteiger partial charge in [-0.3, -0.25) is 0 Å². The summed E-state index contributed by atoms with van der Waals surface area (Å²) in [6.07, 6.45) is 1.98. The van der Waals surface area contributed by atoms with Gasteiger partial charge in [0.1, 0.15) is 0 Å². The van der Waals surface area contributed by atoms with Gasteiger partial charge in [0.25, 0.3) is 0 Å². The molecule has 102 valence electrons. The molecule has 3 rings (SSSR count). The molecule has 0 aliphatic heterocycles. The highest BCUT2D eigenvalue weighted by Crippen LogP contribution is 2.24. The van der Waals surface area contributed by atoms with Crippen LogP contribution in [0.4, 0.5) is 11.4 Å². The zero-order valence-corrected chi connectivity index (χ0v) is 11.9. The van der Waals surface area contributed by atoms with Crippen LogP contribution in [0.2, 0.25) is 0 Å². The van der Waals surface area contributed by atoms with E-state index in [0.29, 0.717) is 0 Å². The van der Waals surface area contributed by atoms with Crippen molar-refractivity contribution in [1.29, 1.82) is 0 Å². The number of fused-ring (bicyclic) bond motifs is 1.